The lowest BCUT2D eigenvalue weighted by molar-refractivity contribution is 0.0590. The third-order valence-electron chi connectivity index (χ3n) is 3.17. The monoisotopic (exact) mass is 320 g/mol. The van der Waals surface area contributed by atoms with Gasteiger partial charge in [0.05, 0.1) is 17.9 Å². The van der Waals surface area contributed by atoms with Crippen LogP contribution in [-0.2, 0) is 11.8 Å². The zero-order valence-electron chi connectivity index (χ0n) is 9.46. The molecule has 1 aromatic rings. The van der Waals surface area contributed by atoms with Gasteiger partial charge < -0.3 is 4.74 Å². The molecule has 0 radical (unpaired) electrons. The number of hydrogen-bond donors (Lipinski definition) is 0. The Kier molecular flexibility index (Phi) is 3.35. The maximum Gasteiger partial charge on any atom is 0.0865 e. The van der Waals surface area contributed by atoms with Crippen molar-refractivity contribution in [3.63, 3.8) is 0 Å². The molecule has 0 bridgehead atoms. The van der Waals surface area contributed by atoms with E-state index in [0.717, 1.165) is 16.5 Å². The fourth-order valence-corrected chi connectivity index (χ4v) is 2.94. The Morgan fingerprint density at radius 1 is 1.47 bits per heavy atom. The van der Waals surface area contributed by atoms with Crippen LogP contribution >= 0.6 is 22.6 Å². The highest BCUT2D eigenvalue weighted by Gasteiger charge is 2.29. The highest BCUT2D eigenvalue weighted by Crippen LogP contribution is 2.36. The first kappa shape index (κ1) is 11.4. The van der Waals surface area contributed by atoms with Crippen LogP contribution in [-0.4, -0.2) is 20.3 Å². The Morgan fingerprint density at radius 2 is 2.20 bits per heavy atom. The van der Waals surface area contributed by atoms with Crippen molar-refractivity contribution in [1.82, 2.24) is 9.78 Å². The van der Waals surface area contributed by atoms with Crippen LogP contribution < -0.4 is 0 Å². The lowest BCUT2D eigenvalue weighted by Gasteiger charge is -2.12. The van der Waals surface area contributed by atoms with E-state index in [4.69, 9.17) is 4.74 Å². The van der Waals surface area contributed by atoms with Gasteiger partial charge in [-0.2, -0.15) is 5.10 Å². The van der Waals surface area contributed by atoms with Crippen molar-refractivity contribution in [2.75, 3.05) is 4.43 Å². The van der Waals surface area contributed by atoms with E-state index in [9.17, 15) is 0 Å². The average molecular weight is 320 g/mol. The summed E-state index contributed by atoms with van der Waals surface area (Å²) in [6.45, 7) is 4.19. The fraction of sp³-hybridized carbons (Fsp3) is 0.727. The molecule has 0 spiro atoms. The molecule has 2 atom stereocenters. The Morgan fingerprint density at radius 3 is 2.67 bits per heavy atom. The zero-order chi connectivity index (χ0) is 11.0. The molecule has 2 rings (SSSR count). The zero-order valence-corrected chi connectivity index (χ0v) is 11.6. The standard InChI is InChI=1S/C11H17IN2O/c1-7-11(8(2)14(3)13-7)10-5-4-9(6-12)15-10/h9-10H,4-6H2,1-3H3. The number of nitrogens with zero attached hydrogens (tertiary/aromatic N) is 2. The van der Waals surface area contributed by atoms with Gasteiger partial charge in [-0.25, -0.2) is 0 Å². The molecule has 1 aromatic heterocycles. The van der Waals surface area contributed by atoms with Gasteiger partial charge in [0, 0.05) is 22.7 Å². The van der Waals surface area contributed by atoms with Gasteiger partial charge >= 0.3 is 0 Å². The Labute approximate surface area is 104 Å². The molecule has 0 N–H and O–H groups in total. The molecule has 2 unspecified atom stereocenters. The second-order valence-corrected chi connectivity index (χ2v) is 5.07. The molecule has 84 valence electrons. The lowest BCUT2D eigenvalue weighted by Crippen LogP contribution is -2.08. The number of aryl methyl sites for hydroxylation is 2. The molecule has 1 aliphatic rings. The van der Waals surface area contributed by atoms with Crippen molar-refractivity contribution < 1.29 is 4.74 Å². The third-order valence-corrected chi connectivity index (χ3v) is 4.15. The Hall–Kier alpha value is -0.100. The summed E-state index contributed by atoms with van der Waals surface area (Å²) in [7, 11) is 2.00. The lowest BCUT2D eigenvalue weighted by atomic mass is 10.0. The van der Waals surface area contributed by atoms with Crippen LogP contribution in [0.25, 0.3) is 0 Å². The van der Waals surface area contributed by atoms with Crippen molar-refractivity contribution in [1.29, 1.82) is 0 Å². The summed E-state index contributed by atoms with van der Waals surface area (Å²) in [5.74, 6) is 0. The summed E-state index contributed by atoms with van der Waals surface area (Å²) >= 11 is 2.40. The SMILES string of the molecule is Cc1nn(C)c(C)c1C1CCC(CI)O1. The summed E-state index contributed by atoms with van der Waals surface area (Å²) in [4.78, 5) is 0. The van der Waals surface area contributed by atoms with E-state index in [1.54, 1.807) is 0 Å². The van der Waals surface area contributed by atoms with Crippen molar-refractivity contribution in [3.8, 4) is 0 Å². The number of aromatic nitrogens is 2. The van der Waals surface area contributed by atoms with Crippen LogP contribution in [0.1, 0.15) is 35.9 Å². The van der Waals surface area contributed by atoms with Gasteiger partial charge in [-0.3, -0.25) is 4.68 Å². The van der Waals surface area contributed by atoms with Crippen LogP contribution in [0.15, 0.2) is 0 Å². The Balaban J connectivity index is 2.23. The van der Waals surface area contributed by atoms with E-state index < -0.39 is 0 Å². The van der Waals surface area contributed by atoms with Crippen molar-refractivity contribution >= 4 is 22.6 Å². The van der Waals surface area contributed by atoms with Gasteiger partial charge in [0.2, 0.25) is 0 Å². The summed E-state index contributed by atoms with van der Waals surface area (Å²) in [6.07, 6.45) is 3.04. The predicted molar refractivity (Wildman–Crippen MR) is 68.4 cm³/mol. The largest absolute Gasteiger partial charge is 0.369 e. The summed E-state index contributed by atoms with van der Waals surface area (Å²) in [5.41, 5.74) is 3.67. The molecular weight excluding hydrogens is 303 g/mol. The minimum absolute atomic E-state index is 0.276. The summed E-state index contributed by atoms with van der Waals surface area (Å²) < 4.78 is 9.05. The first-order chi connectivity index (χ1) is 7.13. The van der Waals surface area contributed by atoms with Crippen molar-refractivity contribution in [3.05, 3.63) is 17.0 Å². The molecular formula is C11H17IN2O. The number of ether oxygens (including phenoxy) is 1. The van der Waals surface area contributed by atoms with Gasteiger partial charge in [-0.05, 0) is 26.7 Å². The number of hydrogen-bond acceptors (Lipinski definition) is 2. The molecule has 3 nitrogen and oxygen atoms in total. The minimum Gasteiger partial charge on any atom is -0.369 e. The van der Waals surface area contributed by atoms with Crippen molar-refractivity contribution in [2.45, 2.75) is 38.9 Å². The number of alkyl halides is 1. The quantitative estimate of drug-likeness (QED) is 0.619. The van der Waals surface area contributed by atoms with E-state index in [0.29, 0.717) is 6.10 Å². The van der Waals surface area contributed by atoms with Gasteiger partial charge in [0.25, 0.3) is 0 Å². The van der Waals surface area contributed by atoms with Gasteiger partial charge in [-0.1, -0.05) is 22.6 Å². The molecule has 15 heavy (non-hydrogen) atoms. The first-order valence-electron chi connectivity index (χ1n) is 5.35. The molecule has 0 aliphatic carbocycles. The molecule has 0 aromatic carbocycles. The topological polar surface area (TPSA) is 27.1 Å². The number of halogens is 1. The minimum atomic E-state index is 0.276. The maximum atomic E-state index is 6.01. The maximum absolute atomic E-state index is 6.01. The first-order valence-corrected chi connectivity index (χ1v) is 6.87. The third kappa shape index (κ3) is 2.06. The molecule has 2 heterocycles. The van der Waals surface area contributed by atoms with Gasteiger partial charge in [0.15, 0.2) is 0 Å². The number of rotatable bonds is 2. The molecule has 1 saturated heterocycles. The predicted octanol–water partition coefficient (Wildman–Crippen LogP) is 2.69. The van der Waals surface area contributed by atoms with Gasteiger partial charge in [0.1, 0.15) is 0 Å². The molecule has 4 heteroatoms. The fourth-order valence-electron chi connectivity index (χ4n) is 2.29. The van der Waals surface area contributed by atoms with Crippen LogP contribution in [0.3, 0.4) is 0 Å². The van der Waals surface area contributed by atoms with E-state index in [-0.39, 0.29) is 6.10 Å². The highest BCUT2D eigenvalue weighted by atomic mass is 127. The molecule has 0 saturated carbocycles. The van der Waals surface area contributed by atoms with E-state index in [1.807, 2.05) is 11.7 Å². The van der Waals surface area contributed by atoms with Gasteiger partial charge in [-0.15, -0.1) is 0 Å². The van der Waals surface area contributed by atoms with Crippen LogP contribution in [0.5, 0.6) is 0 Å². The normalized spacial score (nSPS) is 26.1. The van der Waals surface area contributed by atoms with Crippen LogP contribution in [0.2, 0.25) is 0 Å². The van der Waals surface area contributed by atoms with Crippen LogP contribution in [0, 0.1) is 13.8 Å². The van der Waals surface area contributed by atoms with Crippen LogP contribution in [0.4, 0.5) is 0 Å². The second-order valence-electron chi connectivity index (χ2n) is 4.19. The summed E-state index contributed by atoms with van der Waals surface area (Å²) in [6, 6.07) is 0. The average Bonchev–Trinajstić information content (AvgIpc) is 2.74. The van der Waals surface area contributed by atoms with E-state index in [2.05, 4.69) is 41.5 Å². The smallest absolute Gasteiger partial charge is 0.0865 e. The second kappa shape index (κ2) is 4.41. The van der Waals surface area contributed by atoms with E-state index >= 15 is 0 Å². The molecule has 1 fully saturated rings. The summed E-state index contributed by atoms with van der Waals surface area (Å²) in [5, 5.41) is 4.44. The highest BCUT2D eigenvalue weighted by molar-refractivity contribution is 14.1. The van der Waals surface area contributed by atoms with E-state index in [1.165, 1.54) is 17.7 Å². The molecule has 1 aliphatic heterocycles. The Bertz CT molecular complexity index is 362. The van der Waals surface area contributed by atoms with Crippen molar-refractivity contribution in [2.24, 2.45) is 7.05 Å². The molecule has 0 amide bonds.